The van der Waals surface area contributed by atoms with Crippen LogP contribution < -0.4 is 11.1 Å². The molecule has 0 radical (unpaired) electrons. The minimum absolute atomic E-state index is 0.0642. The zero-order valence-corrected chi connectivity index (χ0v) is 13.0. The van der Waals surface area contributed by atoms with Crippen molar-refractivity contribution in [3.8, 4) is 0 Å². The van der Waals surface area contributed by atoms with Gasteiger partial charge in [-0.05, 0) is 31.0 Å². The lowest BCUT2D eigenvalue weighted by atomic mass is 10.2. The minimum Gasteiger partial charge on any atom is -0.397 e. The number of hydrogen-bond acceptors (Lipinski definition) is 3. The lowest BCUT2D eigenvalue weighted by Gasteiger charge is -2.11. The van der Waals surface area contributed by atoms with Gasteiger partial charge in [0.15, 0.2) is 0 Å². The van der Waals surface area contributed by atoms with Crippen LogP contribution in [0.15, 0.2) is 16.6 Å². The first kappa shape index (κ1) is 16.0. The summed E-state index contributed by atoms with van der Waals surface area (Å²) in [6.07, 6.45) is 3.25. The standard InChI is InChI=1S/C14H21BrN2O2/c1-3-4-5-6-19-9-13(18)17-12-8-11(15)7-10(2)14(12)16/h7-8H,3-6,9,16H2,1-2H3,(H,17,18). The van der Waals surface area contributed by atoms with E-state index in [1.54, 1.807) is 6.07 Å². The first-order chi connectivity index (χ1) is 9.04. The maximum Gasteiger partial charge on any atom is 0.250 e. The van der Waals surface area contributed by atoms with Gasteiger partial charge in [0.05, 0.1) is 11.4 Å². The van der Waals surface area contributed by atoms with Crippen molar-refractivity contribution in [2.75, 3.05) is 24.3 Å². The molecule has 106 valence electrons. The van der Waals surface area contributed by atoms with Gasteiger partial charge in [-0.3, -0.25) is 4.79 Å². The Bertz CT molecular complexity index is 436. The Morgan fingerprint density at radius 2 is 2.16 bits per heavy atom. The average molecular weight is 329 g/mol. The Labute approximate surface area is 122 Å². The number of carbonyl (C=O) groups excluding carboxylic acids is 1. The van der Waals surface area contributed by atoms with Crippen molar-refractivity contribution in [1.82, 2.24) is 0 Å². The molecule has 1 aromatic carbocycles. The Hall–Kier alpha value is -1.07. The fourth-order valence-corrected chi connectivity index (χ4v) is 2.24. The van der Waals surface area contributed by atoms with Crippen LogP contribution in [0.25, 0.3) is 0 Å². The molecule has 19 heavy (non-hydrogen) atoms. The third-order valence-electron chi connectivity index (χ3n) is 2.75. The molecule has 0 heterocycles. The molecule has 0 saturated carbocycles. The molecule has 1 rings (SSSR count). The lowest BCUT2D eigenvalue weighted by Crippen LogP contribution is -2.19. The molecule has 0 saturated heterocycles. The van der Waals surface area contributed by atoms with Crippen molar-refractivity contribution in [3.05, 3.63) is 22.2 Å². The van der Waals surface area contributed by atoms with Gasteiger partial charge in [0.2, 0.25) is 5.91 Å². The van der Waals surface area contributed by atoms with E-state index < -0.39 is 0 Å². The number of nitrogens with two attached hydrogens (primary N) is 1. The first-order valence-corrected chi connectivity index (χ1v) is 7.27. The summed E-state index contributed by atoms with van der Waals surface area (Å²) >= 11 is 3.38. The van der Waals surface area contributed by atoms with Crippen LogP contribution in [0, 0.1) is 6.92 Å². The van der Waals surface area contributed by atoms with Gasteiger partial charge in [-0.2, -0.15) is 0 Å². The molecule has 0 atom stereocenters. The van der Waals surface area contributed by atoms with Gasteiger partial charge in [-0.25, -0.2) is 0 Å². The number of carbonyl (C=O) groups is 1. The summed E-state index contributed by atoms with van der Waals surface area (Å²) in [6.45, 7) is 4.71. The molecule has 0 bridgehead atoms. The quantitative estimate of drug-likeness (QED) is 0.594. The highest BCUT2D eigenvalue weighted by Gasteiger charge is 2.08. The molecule has 5 heteroatoms. The topological polar surface area (TPSA) is 64.3 Å². The monoisotopic (exact) mass is 328 g/mol. The molecule has 0 aromatic heterocycles. The van der Waals surface area contributed by atoms with Crippen LogP contribution in [-0.4, -0.2) is 19.1 Å². The Balaban J connectivity index is 2.44. The van der Waals surface area contributed by atoms with Crippen molar-refractivity contribution < 1.29 is 9.53 Å². The third kappa shape index (κ3) is 5.61. The molecule has 1 amide bonds. The molecule has 0 fully saturated rings. The molecule has 0 unspecified atom stereocenters. The van der Waals surface area contributed by atoms with Gasteiger partial charge in [0.1, 0.15) is 6.61 Å². The Morgan fingerprint density at radius 3 is 2.84 bits per heavy atom. The number of anilines is 2. The van der Waals surface area contributed by atoms with Crippen molar-refractivity contribution in [2.45, 2.75) is 33.1 Å². The highest BCUT2D eigenvalue weighted by atomic mass is 79.9. The van der Waals surface area contributed by atoms with Gasteiger partial charge in [-0.1, -0.05) is 35.7 Å². The van der Waals surface area contributed by atoms with Crippen molar-refractivity contribution in [1.29, 1.82) is 0 Å². The summed E-state index contributed by atoms with van der Waals surface area (Å²) < 4.78 is 6.19. The molecular formula is C14H21BrN2O2. The van der Waals surface area contributed by atoms with E-state index in [1.807, 2.05) is 13.0 Å². The van der Waals surface area contributed by atoms with Crippen LogP contribution in [0.4, 0.5) is 11.4 Å². The van der Waals surface area contributed by atoms with E-state index in [9.17, 15) is 4.79 Å². The lowest BCUT2D eigenvalue weighted by molar-refractivity contribution is -0.120. The summed E-state index contributed by atoms with van der Waals surface area (Å²) in [4.78, 5) is 11.7. The molecule has 4 nitrogen and oxygen atoms in total. The van der Waals surface area contributed by atoms with Gasteiger partial charge in [0, 0.05) is 11.1 Å². The molecule has 3 N–H and O–H groups in total. The zero-order valence-electron chi connectivity index (χ0n) is 11.5. The van der Waals surface area contributed by atoms with E-state index in [1.165, 1.54) is 0 Å². The predicted molar refractivity (Wildman–Crippen MR) is 82.3 cm³/mol. The smallest absolute Gasteiger partial charge is 0.250 e. The molecule has 0 aliphatic heterocycles. The van der Waals surface area contributed by atoms with Gasteiger partial charge in [-0.15, -0.1) is 0 Å². The van der Waals surface area contributed by atoms with Crippen molar-refractivity contribution >= 4 is 33.2 Å². The van der Waals surface area contributed by atoms with Gasteiger partial charge >= 0.3 is 0 Å². The van der Waals surface area contributed by atoms with Crippen molar-refractivity contribution in [2.24, 2.45) is 0 Å². The second-order valence-corrected chi connectivity index (χ2v) is 5.41. The molecule has 0 aliphatic rings. The number of nitrogen functional groups attached to an aromatic ring is 1. The number of benzene rings is 1. The van der Waals surface area contributed by atoms with Gasteiger partial charge < -0.3 is 15.8 Å². The summed E-state index contributed by atoms with van der Waals surface area (Å²) in [6, 6.07) is 3.70. The van der Waals surface area contributed by atoms with Crippen LogP contribution in [0.2, 0.25) is 0 Å². The molecule has 0 spiro atoms. The van der Waals surface area contributed by atoms with Crippen LogP contribution in [0.5, 0.6) is 0 Å². The van der Waals surface area contributed by atoms with E-state index in [4.69, 9.17) is 10.5 Å². The maximum absolute atomic E-state index is 11.7. The van der Waals surface area contributed by atoms with Crippen molar-refractivity contribution in [3.63, 3.8) is 0 Å². The number of halogens is 1. The molecular weight excluding hydrogens is 308 g/mol. The number of hydrogen-bond donors (Lipinski definition) is 2. The summed E-state index contributed by atoms with van der Waals surface area (Å²) in [5.74, 6) is -0.180. The van der Waals surface area contributed by atoms with Gasteiger partial charge in [0.25, 0.3) is 0 Å². The predicted octanol–water partition coefficient (Wildman–Crippen LogP) is 3.49. The van der Waals surface area contributed by atoms with Crippen LogP contribution in [-0.2, 0) is 9.53 Å². The number of nitrogens with one attached hydrogen (secondary N) is 1. The largest absolute Gasteiger partial charge is 0.397 e. The highest BCUT2D eigenvalue weighted by Crippen LogP contribution is 2.27. The number of ether oxygens (including phenoxy) is 1. The third-order valence-corrected chi connectivity index (χ3v) is 3.21. The Kier molecular flexibility index (Phi) is 6.87. The summed E-state index contributed by atoms with van der Waals surface area (Å²) in [5, 5.41) is 2.76. The SMILES string of the molecule is CCCCCOCC(=O)Nc1cc(Br)cc(C)c1N. The number of aryl methyl sites for hydroxylation is 1. The van der Waals surface area contributed by atoms with Crippen LogP contribution in [0.1, 0.15) is 31.7 Å². The Morgan fingerprint density at radius 1 is 1.42 bits per heavy atom. The summed E-state index contributed by atoms with van der Waals surface area (Å²) in [5.41, 5.74) is 8.05. The average Bonchev–Trinajstić information content (AvgIpc) is 2.35. The molecule has 0 aliphatic carbocycles. The van der Waals surface area contributed by atoms with Crippen LogP contribution in [0.3, 0.4) is 0 Å². The van der Waals surface area contributed by atoms with E-state index in [0.717, 1.165) is 29.3 Å². The van der Waals surface area contributed by atoms with E-state index in [2.05, 4.69) is 28.2 Å². The fourth-order valence-electron chi connectivity index (χ4n) is 1.66. The first-order valence-electron chi connectivity index (χ1n) is 6.47. The minimum atomic E-state index is -0.180. The normalized spacial score (nSPS) is 10.5. The zero-order chi connectivity index (χ0) is 14.3. The van der Waals surface area contributed by atoms with Crippen LogP contribution >= 0.6 is 15.9 Å². The number of amides is 1. The second kappa shape index (κ2) is 8.17. The molecule has 1 aromatic rings. The maximum atomic E-state index is 11.7. The van der Waals surface area contributed by atoms with E-state index in [0.29, 0.717) is 18.0 Å². The number of rotatable bonds is 7. The highest BCUT2D eigenvalue weighted by molar-refractivity contribution is 9.10. The second-order valence-electron chi connectivity index (χ2n) is 4.49. The summed E-state index contributed by atoms with van der Waals surface area (Å²) in [7, 11) is 0. The van der Waals surface area contributed by atoms with E-state index >= 15 is 0 Å². The van der Waals surface area contributed by atoms with E-state index in [-0.39, 0.29) is 12.5 Å². The fraction of sp³-hybridized carbons (Fsp3) is 0.500. The number of unbranched alkanes of at least 4 members (excludes halogenated alkanes) is 2.